The lowest BCUT2D eigenvalue weighted by Crippen LogP contribution is -2.39. The zero-order valence-corrected chi connectivity index (χ0v) is 17.6. The number of carbonyl (C=O) groups excluding carboxylic acids is 1. The Morgan fingerprint density at radius 2 is 1.93 bits per heavy atom. The number of amides is 2. The number of allylic oxidation sites excluding steroid dienone is 3. The first-order chi connectivity index (χ1) is 13.7. The van der Waals surface area contributed by atoms with Gasteiger partial charge in [0.05, 0.1) is 17.3 Å². The third-order valence-corrected chi connectivity index (χ3v) is 5.50. The van der Waals surface area contributed by atoms with Crippen molar-refractivity contribution in [2.75, 3.05) is 5.32 Å². The number of aromatic nitrogens is 2. The molecule has 28 heavy (non-hydrogen) atoms. The first-order valence-electron chi connectivity index (χ1n) is 9.38. The molecule has 0 saturated carbocycles. The van der Waals surface area contributed by atoms with Crippen LogP contribution in [0, 0.1) is 0 Å². The number of anilines is 1. The van der Waals surface area contributed by atoms with E-state index in [9.17, 15) is 4.79 Å². The van der Waals surface area contributed by atoms with Crippen molar-refractivity contribution in [1.82, 2.24) is 14.9 Å². The number of nitrogens with one attached hydrogen (secondary N) is 1. The standard InChI is InChI=1S/C19H17ClN4OS.C2H6/c20-15-8-4-5-9-16(15)24-11-14-10-21-18(22-17(14)23-19(24)25)26-12-13-6-2-1-3-7-13;1-2/h1-3,6-10H,4-5,11-12H2,(H,21,22,23,25);1-2H3. The van der Waals surface area contributed by atoms with Gasteiger partial charge in [0.1, 0.15) is 5.82 Å². The van der Waals surface area contributed by atoms with E-state index in [4.69, 9.17) is 11.6 Å². The molecule has 1 N–H and O–H groups in total. The van der Waals surface area contributed by atoms with E-state index in [-0.39, 0.29) is 6.03 Å². The van der Waals surface area contributed by atoms with Gasteiger partial charge in [-0.25, -0.2) is 14.8 Å². The maximum absolute atomic E-state index is 12.5. The smallest absolute Gasteiger partial charge is 0.291 e. The summed E-state index contributed by atoms with van der Waals surface area (Å²) in [5.74, 6) is 1.36. The van der Waals surface area contributed by atoms with Crippen LogP contribution in [0.2, 0.25) is 0 Å². The van der Waals surface area contributed by atoms with Crippen molar-refractivity contribution >= 4 is 35.2 Å². The van der Waals surface area contributed by atoms with E-state index in [1.165, 1.54) is 5.56 Å². The van der Waals surface area contributed by atoms with Crippen LogP contribution in [-0.2, 0) is 12.3 Å². The summed E-state index contributed by atoms with van der Waals surface area (Å²) in [4.78, 5) is 23.1. The molecule has 2 aromatic rings. The molecular formula is C21H23ClN4OS. The van der Waals surface area contributed by atoms with Crippen molar-refractivity contribution in [1.29, 1.82) is 0 Å². The number of hydrogen-bond acceptors (Lipinski definition) is 4. The number of fused-ring (bicyclic) bond motifs is 1. The van der Waals surface area contributed by atoms with E-state index in [2.05, 4.69) is 27.4 Å². The number of thioether (sulfide) groups is 1. The van der Waals surface area contributed by atoms with E-state index in [1.807, 2.05) is 44.2 Å². The molecule has 1 aliphatic heterocycles. The lowest BCUT2D eigenvalue weighted by molar-refractivity contribution is 0.221. The first-order valence-corrected chi connectivity index (χ1v) is 10.7. The van der Waals surface area contributed by atoms with Crippen molar-refractivity contribution in [3.63, 3.8) is 0 Å². The van der Waals surface area contributed by atoms with Gasteiger partial charge < -0.3 is 0 Å². The van der Waals surface area contributed by atoms with Gasteiger partial charge in [0.15, 0.2) is 5.16 Å². The highest BCUT2D eigenvalue weighted by Crippen LogP contribution is 2.32. The Balaban J connectivity index is 0.00000109. The SMILES string of the molecule is CC.O=C1Nc2nc(SCc3ccccc3)ncc2CN1C1=CCCC=C1Cl. The molecule has 0 unspecified atom stereocenters. The zero-order chi connectivity index (χ0) is 19.9. The average Bonchev–Trinajstić information content (AvgIpc) is 2.74. The monoisotopic (exact) mass is 414 g/mol. The summed E-state index contributed by atoms with van der Waals surface area (Å²) < 4.78 is 0. The summed E-state index contributed by atoms with van der Waals surface area (Å²) in [6.07, 6.45) is 7.51. The van der Waals surface area contributed by atoms with Crippen LogP contribution in [0.5, 0.6) is 0 Å². The van der Waals surface area contributed by atoms with E-state index in [0.717, 1.165) is 29.9 Å². The van der Waals surface area contributed by atoms with Crippen LogP contribution < -0.4 is 5.32 Å². The fraction of sp³-hybridized carbons (Fsp3) is 0.286. The average molecular weight is 415 g/mol. The Hall–Kier alpha value is -2.31. The maximum atomic E-state index is 12.5. The van der Waals surface area contributed by atoms with Gasteiger partial charge in [-0.05, 0) is 18.4 Å². The van der Waals surface area contributed by atoms with E-state index >= 15 is 0 Å². The van der Waals surface area contributed by atoms with Crippen LogP contribution in [-0.4, -0.2) is 20.9 Å². The van der Waals surface area contributed by atoms with Crippen LogP contribution in [0.15, 0.2) is 64.6 Å². The maximum Gasteiger partial charge on any atom is 0.327 e. The van der Waals surface area contributed by atoms with Crippen LogP contribution in [0.1, 0.15) is 37.8 Å². The molecule has 0 fully saturated rings. The molecule has 0 bridgehead atoms. The Morgan fingerprint density at radius 1 is 1.18 bits per heavy atom. The molecule has 1 aliphatic carbocycles. The number of carbonyl (C=O) groups is 1. The van der Waals surface area contributed by atoms with Crippen molar-refractivity contribution in [3.8, 4) is 0 Å². The number of benzene rings is 1. The molecule has 0 saturated heterocycles. The minimum atomic E-state index is -0.213. The summed E-state index contributed by atoms with van der Waals surface area (Å²) in [6.45, 7) is 4.42. The molecule has 7 heteroatoms. The molecule has 4 rings (SSSR count). The van der Waals surface area contributed by atoms with Gasteiger partial charge in [0.2, 0.25) is 0 Å². The lowest BCUT2D eigenvalue weighted by atomic mass is 10.1. The van der Waals surface area contributed by atoms with Crippen LogP contribution in [0.3, 0.4) is 0 Å². The Bertz CT molecular complexity index is 899. The van der Waals surface area contributed by atoms with Crippen LogP contribution in [0.25, 0.3) is 0 Å². The molecule has 0 atom stereocenters. The minimum absolute atomic E-state index is 0.213. The summed E-state index contributed by atoms with van der Waals surface area (Å²) in [7, 11) is 0. The van der Waals surface area contributed by atoms with Gasteiger partial charge in [-0.2, -0.15) is 0 Å². The van der Waals surface area contributed by atoms with Gasteiger partial charge >= 0.3 is 6.03 Å². The molecule has 2 aliphatic rings. The third kappa shape index (κ3) is 4.75. The lowest BCUT2D eigenvalue weighted by Gasteiger charge is -2.31. The van der Waals surface area contributed by atoms with Gasteiger partial charge in [0.25, 0.3) is 0 Å². The van der Waals surface area contributed by atoms with E-state index < -0.39 is 0 Å². The normalized spacial score (nSPS) is 15.5. The quantitative estimate of drug-likeness (QED) is 0.496. The molecular weight excluding hydrogens is 392 g/mol. The molecule has 2 amide bonds. The molecule has 5 nitrogen and oxygen atoms in total. The van der Waals surface area contributed by atoms with Gasteiger partial charge in [0, 0.05) is 17.5 Å². The van der Waals surface area contributed by atoms with Gasteiger partial charge in [-0.1, -0.05) is 79.7 Å². The summed E-state index contributed by atoms with van der Waals surface area (Å²) in [5, 5.41) is 4.13. The second kappa shape index (κ2) is 9.75. The van der Waals surface area contributed by atoms with Crippen molar-refractivity contribution in [2.24, 2.45) is 0 Å². The number of hydrogen-bond donors (Lipinski definition) is 1. The summed E-state index contributed by atoms with van der Waals surface area (Å²) in [6, 6.07) is 9.94. The summed E-state index contributed by atoms with van der Waals surface area (Å²) >= 11 is 7.82. The second-order valence-corrected chi connectivity index (χ2v) is 7.39. The Kier molecular flexibility index (Phi) is 7.12. The number of nitrogens with zero attached hydrogens (tertiary/aromatic N) is 3. The Morgan fingerprint density at radius 3 is 2.68 bits per heavy atom. The zero-order valence-electron chi connectivity index (χ0n) is 16.0. The predicted octanol–water partition coefficient (Wildman–Crippen LogP) is 5.94. The second-order valence-electron chi connectivity index (χ2n) is 6.04. The van der Waals surface area contributed by atoms with E-state index in [1.54, 1.807) is 22.9 Å². The number of rotatable bonds is 4. The number of halogens is 1. The van der Waals surface area contributed by atoms with E-state index in [0.29, 0.717) is 22.6 Å². The van der Waals surface area contributed by atoms with Crippen molar-refractivity contribution < 1.29 is 4.79 Å². The molecule has 0 radical (unpaired) electrons. The largest absolute Gasteiger partial charge is 0.327 e. The highest BCUT2D eigenvalue weighted by Gasteiger charge is 2.28. The Labute approximate surface area is 174 Å². The topological polar surface area (TPSA) is 58.1 Å². The fourth-order valence-corrected chi connectivity index (χ4v) is 3.94. The van der Waals surface area contributed by atoms with Crippen LogP contribution >= 0.6 is 23.4 Å². The molecule has 146 valence electrons. The molecule has 1 aromatic heterocycles. The minimum Gasteiger partial charge on any atom is -0.291 e. The predicted molar refractivity (Wildman–Crippen MR) is 115 cm³/mol. The third-order valence-electron chi connectivity index (χ3n) is 4.22. The fourth-order valence-electron chi connectivity index (χ4n) is 2.88. The van der Waals surface area contributed by atoms with Gasteiger partial charge in [-0.15, -0.1) is 0 Å². The van der Waals surface area contributed by atoms with Gasteiger partial charge in [-0.3, -0.25) is 10.2 Å². The number of urea groups is 1. The molecule has 0 spiro atoms. The van der Waals surface area contributed by atoms with Crippen molar-refractivity contribution in [3.05, 3.63) is 70.5 Å². The highest BCUT2D eigenvalue weighted by atomic mass is 35.5. The molecule has 1 aromatic carbocycles. The van der Waals surface area contributed by atoms with Crippen LogP contribution in [0.4, 0.5) is 10.6 Å². The first kappa shape index (κ1) is 20.4. The van der Waals surface area contributed by atoms with Crippen molar-refractivity contribution in [2.45, 2.75) is 44.1 Å². The molecule has 2 heterocycles. The highest BCUT2D eigenvalue weighted by molar-refractivity contribution is 7.98. The summed E-state index contributed by atoms with van der Waals surface area (Å²) in [5.41, 5.74) is 2.84.